The van der Waals surface area contributed by atoms with Crippen molar-refractivity contribution in [3.8, 4) is 0 Å². The van der Waals surface area contributed by atoms with Crippen molar-refractivity contribution in [2.24, 2.45) is 0 Å². The number of hydrogen-bond acceptors (Lipinski definition) is 4. The Hall–Kier alpha value is -0.880. The largest absolute Gasteiger partial charge is 0.361 e. The second-order valence-electron chi connectivity index (χ2n) is 3.12. The van der Waals surface area contributed by atoms with Crippen molar-refractivity contribution in [2.75, 3.05) is 12.8 Å². The Morgan fingerprint density at radius 1 is 1.62 bits per heavy atom. The van der Waals surface area contributed by atoms with Crippen LogP contribution in [0.1, 0.15) is 11.3 Å². The molecular weight excluding hydrogens is 192 g/mol. The first-order valence-electron chi connectivity index (χ1n) is 3.95. The van der Waals surface area contributed by atoms with Crippen molar-refractivity contribution in [1.29, 1.82) is 0 Å². The van der Waals surface area contributed by atoms with Crippen LogP contribution >= 0.6 is 0 Å². The van der Waals surface area contributed by atoms with Gasteiger partial charge in [-0.25, -0.2) is 8.42 Å². The zero-order valence-corrected chi connectivity index (χ0v) is 8.04. The third-order valence-electron chi connectivity index (χ3n) is 2.13. The summed E-state index contributed by atoms with van der Waals surface area (Å²) in [5.74, 6) is 0.805. The highest BCUT2D eigenvalue weighted by atomic mass is 32.2. The minimum atomic E-state index is -3.08. The van der Waals surface area contributed by atoms with Crippen LogP contribution in [-0.4, -0.2) is 30.7 Å². The van der Waals surface area contributed by atoms with Crippen LogP contribution in [-0.2, 0) is 23.0 Å². The highest BCUT2D eigenvalue weighted by molar-refractivity contribution is 7.88. The van der Waals surface area contributed by atoms with Gasteiger partial charge in [-0.15, -0.1) is 0 Å². The Labute approximate surface area is 76.4 Å². The Kier molecular flexibility index (Phi) is 1.88. The Balaban J connectivity index is 2.27. The van der Waals surface area contributed by atoms with Crippen LogP contribution in [0, 0.1) is 0 Å². The molecule has 0 aliphatic carbocycles. The number of fused-ring (bicyclic) bond motifs is 1. The van der Waals surface area contributed by atoms with Crippen molar-refractivity contribution < 1.29 is 12.9 Å². The first-order chi connectivity index (χ1) is 6.07. The van der Waals surface area contributed by atoms with Gasteiger partial charge in [0.2, 0.25) is 10.0 Å². The molecule has 6 heteroatoms. The van der Waals surface area contributed by atoms with Gasteiger partial charge < -0.3 is 4.52 Å². The number of sulfonamides is 1. The lowest BCUT2D eigenvalue weighted by molar-refractivity contribution is 0.332. The summed E-state index contributed by atoms with van der Waals surface area (Å²) < 4.78 is 28.8. The van der Waals surface area contributed by atoms with Crippen LogP contribution in [0.2, 0.25) is 0 Å². The van der Waals surface area contributed by atoms with E-state index in [4.69, 9.17) is 4.52 Å². The third-order valence-corrected chi connectivity index (χ3v) is 3.38. The van der Waals surface area contributed by atoms with Crippen LogP contribution < -0.4 is 0 Å². The van der Waals surface area contributed by atoms with E-state index in [0.717, 1.165) is 11.3 Å². The molecule has 2 rings (SSSR count). The predicted octanol–water partition coefficient (Wildman–Crippen LogP) is -0.00770. The summed E-state index contributed by atoms with van der Waals surface area (Å²) in [6, 6.07) is 0. The fraction of sp³-hybridized carbons (Fsp3) is 0.571. The SMILES string of the molecule is CS(=O)(=O)N1CCc2oncc2C1. The molecule has 0 radical (unpaired) electrons. The number of nitrogens with zero attached hydrogens (tertiary/aromatic N) is 2. The molecular formula is C7H10N2O3S. The maximum Gasteiger partial charge on any atom is 0.211 e. The fourth-order valence-corrected chi connectivity index (χ4v) is 2.19. The summed E-state index contributed by atoms with van der Waals surface area (Å²) in [6.07, 6.45) is 3.40. The molecule has 0 N–H and O–H groups in total. The Morgan fingerprint density at radius 2 is 2.38 bits per heavy atom. The second-order valence-corrected chi connectivity index (χ2v) is 5.10. The van der Waals surface area contributed by atoms with Gasteiger partial charge in [0.15, 0.2) is 0 Å². The van der Waals surface area contributed by atoms with E-state index in [1.54, 1.807) is 6.20 Å². The molecule has 0 saturated carbocycles. The van der Waals surface area contributed by atoms with Crippen molar-refractivity contribution in [2.45, 2.75) is 13.0 Å². The molecule has 2 heterocycles. The van der Waals surface area contributed by atoms with Crippen molar-refractivity contribution in [3.05, 3.63) is 17.5 Å². The van der Waals surface area contributed by atoms with Gasteiger partial charge in [-0.1, -0.05) is 5.16 Å². The van der Waals surface area contributed by atoms with Gasteiger partial charge in [-0.2, -0.15) is 4.31 Å². The molecule has 0 unspecified atom stereocenters. The summed E-state index contributed by atoms with van der Waals surface area (Å²) in [7, 11) is -3.08. The maximum atomic E-state index is 11.2. The molecule has 1 aromatic rings. The standard InChI is InChI=1S/C7H10N2O3S/c1-13(10,11)9-3-2-7-6(5-9)4-8-12-7/h4H,2-3,5H2,1H3. The zero-order chi connectivity index (χ0) is 9.47. The van der Waals surface area contributed by atoms with Gasteiger partial charge in [-0.05, 0) is 0 Å². The molecule has 0 spiro atoms. The van der Waals surface area contributed by atoms with Crippen LogP contribution in [0.5, 0.6) is 0 Å². The average molecular weight is 202 g/mol. The van der Waals surface area contributed by atoms with Crippen LogP contribution in [0.15, 0.2) is 10.7 Å². The summed E-state index contributed by atoms with van der Waals surface area (Å²) in [5.41, 5.74) is 0.872. The molecule has 72 valence electrons. The topological polar surface area (TPSA) is 63.4 Å². The Bertz CT molecular complexity index is 409. The van der Waals surface area contributed by atoms with Crippen molar-refractivity contribution in [1.82, 2.24) is 9.46 Å². The molecule has 0 atom stereocenters. The monoisotopic (exact) mass is 202 g/mol. The summed E-state index contributed by atoms with van der Waals surface area (Å²) in [4.78, 5) is 0. The minimum absolute atomic E-state index is 0.387. The van der Waals surface area contributed by atoms with Crippen LogP contribution in [0.3, 0.4) is 0 Å². The van der Waals surface area contributed by atoms with E-state index >= 15 is 0 Å². The predicted molar refractivity (Wildman–Crippen MR) is 45.5 cm³/mol. The molecule has 1 aromatic heterocycles. The molecule has 5 nitrogen and oxygen atoms in total. The summed E-state index contributed by atoms with van der Waals surface area (Å²) in [5, 5.41) is 3.62. The second kappa shape index (κ2) is 2.81. The molecule has 0 fully saturated rings. The summed E-state index contributed by atoms with van der Waals surface area (Å²) >= 11 is 0. The molecule has 0 saturated heterocycles. The lowest BCUT2D eigenvalue weighted by atomic mass is 10.1. The van der Waals surface area contributed by atoms with Gasteiger partial charge >= 0.3 is 0 Å². The molecule has 0 bridgehead atoms. The number of rotatable bonds is 1. The fourth-order valence-electron chi connectivity index (χ4n) is 1.40. The third kappa shape index (κ3) is 1.59. The van der Waals surface area contributed by atoms with E-state index < -0.39 is 10.0 Å². The van der Waals surface area contributed by atoms with E-state index in [2.05, 4.69) is 5.16 Å². The first-order valence-corrected chi connectivity index (χ1v) is 5.80. The van der Waals surface area contributed by atoms with Gasteiger partial charge in [0.1, 0.15) is 5.76 Å². The van der Waals surface area contributed by atoms with Gasteiger partial charge in [-0.3, -0.25) is 0 Å². The molecule has 1 aliphatic heterocycles. The maximum absolute atomic E-state index is 11.2. The van der Waals surface area contributed by atoms with E-state index in [0.29, 0.717) is 19.5 Å². The lowest BCUT2D eigenvalue weighted by Gasteiger charge is -2.22. The number of aromatic nitrogens is 1. The molecule has 0 amide bonds. The quantitative estimate of drug-likeness (QED) is 0.642. The van der Waals surface area contributed by atoms with E-state index in [1.807, 2.05) is 0 Å². The molecule has 13 heavy (non-hydrogen) atoms. The van der Waals surface area contributed by atoms with Gasteiger partial charge in [0.25, 0.3) is 0 Å². The Morgan fingerprint density at radius 3 is 3.08 bits per heavy atom. The number of hydrogen-bond donors (Lipinski definition) is 0. The molecule has 0 aromatic carbocycles. The summed E-state index contributed by atoms with van der Waals surface area (Å²) in [6.45, 7) is 0.874. The van der Waals surface area contributed by atoms with E-state index in [-0.39, 0.29) is 0 Å². The van der Waals surface area contributed by atoms with Crippen LogP contribution in [0.25, 0.3) is 0 Å². The van der Waals surface area contributed by atoms with Gasteiger partial charge in [0.05, 0.1) is 12.5 Å². The lowest BCUT2D eigenvalue weighted by Crippen LogP contribution is -2.34. The first kappa shape index (κ1) is 8.71. The smallest absolute Gasteiger partial charge is 0.211 e. The highest BCUT2D eigenvalue weighted by Crippen LogP contribution is 2.19. The van der Waals surface area contributed by atoms with E-state index in [9.17, 15) is 8.42 Å². The normalized spacial score (nSPS) is 18.5. The molecule has 1 aliphatic rings. The minimum Gasteiger partial charge on any atom is -0.361 e. The highest BCUT2D eigenvalue weighted by Gasteiger charge is 2.25. The van der Waals surface area contributed by atoms with Crippen LogP contribution in [0.4, 0.5) is 0 Å². The zero-order valence-electron chi connectivity index (χ0n) is 7.23. The van der Waals surface area contributed by atoms with Crippen molar-refractivity contribution in [3.63, 3.8) is 0 Å². The van der Waals surface area contributed by atoms with E-state index in [1.165, 1.54) is 10.6 Å². The van der Waals surface area contributed by atoms with Crippen molar-refractivity contribution >= 4 is 10.0 Å². The van der Waals surface area contributed by atoms with Gasteiger partial charge in [0, 0.05) is 25.1 Å². The average Bonchev–Trinajstić information content (AvgIpc) is 2.47.